The SMILES string of the molecule is CCCCCCCCNC(=O)C(=O)c1ccc(-c2cccs2)s1. The number of nitrogens with one attached hydrogen (secondary N) is 1. The van der Waals surface area contributed by atoms with E-state index in [0.717, 1.165) is 22.6 Å². The third kappa shape index (κ3) is 5.59. The molecular formula is C18H23NO2S2. The standard InChI is InChI=1S/C18H23NO2S2/c1-2-3-4-5-6-7-12-19-18(21)17(20)16-11-10-15(23-16)14-9-8-13-22-14/h8-11,13H,2-7,12H2,1H3,(H,19,21). The van der Waals surface area contributed by atoms with Gasteiger partial charge in [0.05, 0.1) is 4.88 Å². The molecule has 1 amide bonds. The molecule has 0 unspecified atom stereocenters. The monoisotopic (exact) mass is 349 g/mol. The summed E-state index contributed by atoms with van der Waals surface area (Å²) in [6.07, 6.45) is 7.01. The Morgan fingerprint density at radius 1 is 1.00 bits per heavy atom. The fraction of sp³-hybridized carbons (Fsp3) is 0.444. The summed E-state index contributed by atoms with van der Waals surface area (Å²) in [4.78, 5) is 26.7. The van der Waals surface area contributed by atoms with Crippen molar-refractivity contribution in [3.8, 4) is 9.75 Å². The summed E-state index contributed by atoms with van der Waals surface area (Å²) >= 11 is 3.01. The number of amides is 1. The van der Waals surface area contributed by atoms with Gasteiger partial charge in [-0.1, -0.05) is 45.1 Å². The molecule has 2 heterocycles. The fourth-order valence-corrected chi connectivity index (χ4v) is 4.09. The number of carbonyl (C=O) groups excluding carboxylic acids is 2. The van der Waals surface area contributed by atoms with E-state index >= 15 is 0 Å². The molecule has 124 valence electrons. The van der Waals surface area contributed by atoms with E-state index in [2.05, 4.69) is 12.2 Å². The predicted molar refractivity (Wildman–Crippen MR) is 98.3 cm³/mol. The molecule has 0 aromatic carbocycles. The third-order valence-electron chi connectivity index (χ3n) is 3.62. The van der Waals surface area contributed by atoms with Gasteiger partial charge in [-0.2, -0.15) is 0 Å². The Labute approximate surface area is 145 Å². The van der Waals surface area contributed by atoms with Gasteiger partial charge in [0.25, 0.3) is 11.7 Å². The lowest BCUT2D eigenvalue weighted by molar-refractivity contribution is -0.116. The molecule has 0 aliphatic carbocycles. The molecule has 0 saturated heterocycles. The topological polar surface area (TPSA) is 46.2 Å². The minimum atomic E-state index is -0.488. The van der Waals surface area contributed by atoms with Gasteiger partial charge in [0.2, 0.25) is 0 Å². The first-order chi connectivity index (χ1) is 11.2. The van der Waals surface area contributed by atoms with E-state index in [-0.39, 0.29) is 0 Å². The maximum Gasteiger partial charge on any atom is 0.293 e. The number of thiophene rings is 2. The van der Waals surface area contributed by atoms with E-state index in [0.29, 0.717) is 11.4 Å². The summed E-state index contributed by atoms with van der Waals surface area (Å²) in [5.74, 6) is -0.915. The smallest absolute Gasteiger partial charge is 0.293 e. The van der Waals surface area contributed by atoms with Crippen molar-refractivity contribution < 1.29 is 9.59 Å². The van der Waals surface area contributed by atoms with Crippen LogP contribution in [0.15, 0.2) is 29.6 Å². The Morgan fingerprint density at radius 2 is 1.78 bits per heavy atom. The second-order valence-electron chi connectivity index (χ2n) is 5.49. The largest absolute Gasteiger partial charge is 0.349 e. The van der Waals surface area contributed by atoms with Crippen molar-refractivity contribution in [3.05, 3.63) is 34.5 Å². The predicted octanol–water partition coefficient (Wildman–Crippen LogP) is 5.14. The first-order valence-corrected chi connectivity index (χ1v) is 9.88. The van der Waals surface area contributed by atoms with Gasteiger partial charge in [-0.05, 0) is 30.0 Å². The highest BCUT2D eigenvalue weighted by Gasteiger charge is 2.18. The lowest BCUT2D eigenvalue weighted by Crippen LogP contribution is -2.31. The van der Waals surface area contributed by atoms with Crippen LogP contribution in [0, 0.1) is 0 Å². The molecule has 0 spiro atoms. The molecule has 0 fully saturated rings. The highest BCUT2D eigenvalue weighted by atomic mass is 32.1. The van der Waals surface area contributed by atoms with Crippen molar-refractivity contribution in [2.24, 2.45) is 0 Å². The summed E-state index contributed by atoms with van der Waals surface area (Å²) in [5.41, 5.74) is 0. The van der Waals surface area contributed by atoms with Crippen LogP contribution in [-0.4, -0.2) is 18.2 Å². The van der Waals surface area contributed by atoms with E-state index in [9.17, 15) is 9.59 Å². The number of Topliss-reactive ketones (excluding diaryl/α,β-unsaturated/α-hetero) is 1. The van der Waals surface area contributed by atoms with Crippen LogP contribution in [0.4, 0.5) is 0 Å². The summed E-state index contributed by atoms with van der Waals surface area (Å²) in [7, 11) is 0. The summed E-state index contributed by atoms with van der Waals surface area (Å²) < 4.78 is 0. The first-order valence-electron chi connectivity index (χ1n) is 8.18. The Bertz CT molecular complexity index is 617. The minimum absolute atomic E-state index is 0.427. The zero-order chi connectivity index (χ0) is 16.5. The summed E-state index contributed by atoms with van der Waals surface area (Å²) in [6, 6.07) is 7.65. The number of carbonyl (C=O) groups is 2. The Hall–Kier alpha value is -1.46. The molecule has 2 aromatic heterocycles. The molecule has 3 nitrogen and oxygen atoms in total. The van der Waals surface area contributed by atoms with E-state index in [1.807, 2.05) is 23.6 Å². The quantitative estimate of drug-likeness (QED) is 0.367. The van der Waals surface area contributed by atoms with E-state index in [1.165, 1.54) is 37.0 Å². The minimum Gasteiger partial charge on any atom is -0.349 e. The van der Waals surface area contributed by atoms with Crippen molar-refractivity contribution in [3.63, 3.8) is 0 Å². The molecule has 0 atom stereocenters. The van der Waals surface area contributed by atoms with Crippen LogP contribution in [-0.2, 0) is 4.79 Å². The van der Waals surface area contributed by atoms with Crippen molar-refractivity contribution in [2.45, 2.75) is 45.4 Å². The van der Waals surface area contributed by atoms with Gasteiger partial charge >= 0.3 is 0 Å². The van der Waals surface area contributed by atoms with Crippen LogP contribution < -0.4 is 5.32 Å². The van der Waals surface area contributed by atoms with Crippen molar-refractivity contribution in [1.29, 1.82) is 0 Å². The van der Waals surface area contributed by atoms with Crippen LogP contribution in [0.2, 0.25) is 0 Å². The number of hydrogen-bond donors (Lipinski definition) is 1. The molecular weight excluding hydrogens is 326 g/mol. The second-order valence-corrected chi connectivity index (χ2v) is 7.53. The average molecular weight is 350 g/mol. The van der Waals surface area contributed by atoms with Crippen LogP contribution in [0.3, 0.4) is 0 Å². The van der Waals surface area contributed by atoms with Crippen molar-refractivity contribution in [1.82, 2.24) is 5.32 Å². The number of hydrogen-bond acceptors (Lipinski definition) is 4. The summed E-state index contributed by atoms with van der Waals surface area (Å²) in [6.45, 7) is 2.78. The van der Waals surface area contributed by atoms with Gasteiger partial charge in [0.15, 0.2) is 0 Å². The Balaban J connectivity index is 1.74. The highest BCUT2D eigenvalue weighted by molar-refractivity contribution is 7.22. The lowest BCUT2D eigenvalue weighted by atomic mass is 10.1. The highest BCUT2D eigenvalue weighted by Crippen LogP contribution is 2.31. The molecule has 1 N–H and O–H groups in total. The number of ketones is 1. The average Bonchev–Trinajstić information content (AvgIpc) is 3.23. The van der Waals surface area contributed by atoms with Gasteiger partial charge in [-0.25, -0.2) is 0 Å². The van der Waals surface area contributed by atoms with E-state index in [1.54, 1.807) is 17.4 Å². The van der Waals surface area contributed by atoms with Gasteiger partial charge in [-0.15, -0.1) is 22.7 Å². The van der Waals surface area contributed by atoms with Gasteiger partial charge in [-0.3, -0.25) is 9.59 Å². The van der Waals surface area contributed by atoms with Crippen molar-refractivity contribution in [2.75, 3.05) is 6.54 Å². The molecule has 0 radical (unpaired) electrons. The zero-order valence-electron chi connectivity index (χ0n) is 13.5. The maximum absolute atomic E-state index is 12.1. The molecule has 2 rings (SSSR count). The first kappa shape index (κ1) is 17.9. The van der Waals surface area contributed by atoms with Crippen molar-refractivity contribution >= 4 is 34.4 Å². The molecule has 0 bridgehead atoms. The summed E-state index contributed by atoms with van der Waals surface area (Å²) in [5, 5.41) is 4.74. The van der Waals surface area contributed by atoms with E-state index in [4.69, 9.17) is 0 Å². The van der Waals surface area contributed by atoms with Gasteiger partial charge in [0, 0.05) is 16.3 Å². The molecule has 0 saturated carbocycles. The maximum atomic E-state index is 12.1. The zero-order valence-corrected chi connectivity index (χ0v) is 15.1. The third-order valence-corrected chi connectivity index (χ3v) is 5.77. The molecule has 2 aromatic rings. The Kier molecular flexibility index (Phi) is 7.49. The normalized spacial score (nSPS) is 10.7. The fourth-order valence-electron chi connectivity index (χ4n) is 2.31. The van der Waals surface area contributed by atoms with Crippen LogP contribution in [0.25, 0.3) is 9.75 Å². The second kappa shape index (κ2) is 9.63. The number of rotatable bonds is 10. The van der Waals surface area contributed by atoms with Crippen LogP contribution in [0.1, 0.15) is 55.1 Å². The molecule has 23 heavy (non-hydrogen) atoms. The Morgan fingerprint density at radius 3 is 2.52 bits per heavy atom. The van der Waals surface area contributed by atoms with Crippen LogP contribution >= 0.6 is 22.7 Å². The molecule has 0 aliphatic rings. The van der Waals surface area contributed by atoms with Crippen LogP contribution in [0.5, 0.6) is 0 Å². The number of unbranched alkanes of at least 4 members (excludes halogenated alkanes) is 5. The molecule has 5 heteroatoms. The molecule has 0 aliphatic heterocycles. The van der Waals surface area contributed by atoms with E-state index < -0.39 is 11.7 Å². The van der Waals surface area contributed by atoms with Gasteiger partial charge in [0.1, 0.15) is 0 Å². The lowest BCUT2D eigenvalue weighted by Gasteiger charge is -2.03. The van der Waals surface area contributed by atoms with Gasteiger partial charge < -0.3 is 5.32 Å².